The van der Waals surface area contributed by atoms with Crippen molar-refractivity contribution in [1.29, 1.82) is 0 Å². The molecule has 3 aliphatic rings. The summed E-state index contributed by atoms with van der Waals surface area (Å²) in [5, 5.41) is 0. The van der Waals surface area contributed by atoms with E-state index in [-0.39, 0.29) is 0 Å². The highest BCUT2D eigenvalue weighted by atomic mass is 16.5. The third-order valence-electron chi connectivity index (χ3n) is 5.56. The van der Waals surface area contributed by atoms with Gasteiger partial charge in [-0.05, 0) is 42.2 Å². The molecule has 0 bridgehead atoms. The number of ether oxygens (including phenoxy) is 2. The van der Waals surface area contributed by atoms with E-state index in [1.807, 2.05) is 0 Å². The van der Waals surface area contributed by atoms with Crippen LogP contribution in [0.1, 0.15) is 23.6 Å². The molecular formula is C21H23NO2. The van der Waals surface area contributed by atoms with Crippen molar-refractivity contribution in [2.75, 3.05) is 19.7 Å². The highest BCUT2D eigenvalue weighted by Gasteiger charge is 2.45. The molecule has 3 heteroatoms. The Morgan fingerprint density at radius 1 is 1.08 bits per heavy atom. The number of fused-ring (bicyclic) bond motifs is 2. The summed E-state index contributed by atoms with van der Waals surface area (Å²) >= 11 is 0. The van der Waals surface area contributed by atoms with Gasteiger partial charge in [-0.3, -0.25) is 4.90 Å². The average molecular weight is 321 g/mol. The van der Waals surface area contributed by atoms with Crippen molar-refractivity contribution in [3.63, 3.8) is 0 Å². The van der Waals surface area contributed by atoms with E-state index in [4.69, 9.17) is 9.47 Å². The SMILES string of the molecule is CC1Cc2cc(CN3CC4(COc5ccccc5C4)C3)ccc2O1. The third-order valence-corrected chi connectivity index (χ3v) is 5.56. The van der Waals surface area contributed by atoms with Crippen molar-refractivity contribution in [3.05, 3.63) is 59.2 Å². The second kappa shape index (κ2) is 5.25. The number of benzene rings is 2. The maximum Gasteiger partial charge on any atom is 0.123 e. The lowest BCUT2D eigenvalue weighted by atomic mass is 9.74. The molecule has 2 aromatic rings. The maximum absolute atomic E-state index is 6.01. The van der Waals surface area contributed by atoms with Gasteiger partial charge in [-0.1, -0.05) is 30.3 Å². The number of rotatable bonds is 2. The molecule has 124 valence electrons. The molecular weight excluding hydrogens is 298 g/mol. The molecule has 1 spiro atoms. The molecule has 2 aromatic carbocycles. The first kappa shape index (κ1) is 14.4. The highest BCUT2D eigenvalue weighted by molar-refractivity contribution is 5.41. The van der Waals surface area contributed by atoms with Gasteiger partial charge in [-0.25, -0.2) is 0 Å². The van der Waals surface area contributed by atoms with Crippen molar-refractivity contribution in [1.82, 2.24) is 4.90 Å². The molecule has 3 nitrogen and oxygen atoms in total. The summed E-state index contributed by atoms with van der Waals surface area (Å²) in [4.78, 5) is 2.54. The van der Waals surface area contributed by atoms with E-state index in [0.29, 0.717) is 11.5 Å². The topological polar surface area (TPSA) is 21.7 Å². The molecule has 0 N–H and O–H groups in total. The van der Waals surface area contributed by atoms with Crippen LogP contribution in [0.4, 0.5) is 0 Å². The monoisotopic (exact) mass is 321 g/mol. The molecule has 0 aromatic heterocycles. The second-order valence-corrected chi connectivity index (χ2v) is 7.79. The molecule has 0 aliphatic carbocycles. The van der Waals surface area contributed by atoms with E-state index in [2.05, 4.69) is 54.3 Å². The van der Waals surface area contributed by atoms with Crippen LogP contribution in [0.2, 0.25) is 0 Å². The fourth-order valence-electron chi connectivity index (χ4n) is 4.53. The fourth-order valence-corrected chi connectivity index (χ4v) is 4.53. The maximum atomic E-state index is 6.01. The molecule has 1 unspecified atom stereocenters. The number of likely N-dealkylation sites (tertiary alicyclic amines) is 1. The van der Waals surface area contributed by atoms with Crippen LogP contribution in [0.15, 0.2) is 42.5 Å². The van der Waals surface area contributed by atoms with Crippen LogP contribution >= 0.6 is 0 Å². The molecule has 24 heavy (non-hydrogen) atoms. The van der Waals surface area contributed by atoms with Gasteiger partial charge >= 0.3 is 0 Å². The molecule has 0 amide bonds. The van der Waals surface area contributed by atoms with Crippen molar-refractivity contribution in [3.8, 4) is 11.5 Å². The standard InChI is InChI=1S/C21H23NO2/c1-15-8-18-9-16(6-7-20(18)24-15)11-22-12-21(13-22)10-17-4-2-3-5-19(17)23-14-21/h2-7,9,15H,8,10-14H2,1H3. The predicted molar refractivity (Wildman–Crippen MR) is 93.6 cm³/mol. The number of hydrogen-bond donors (Lipinski definition) is 0. The summed E-state index contributed by atoms with van der Waals surface area (Å²) < 4.78 is 11.8. The van der Waals surface area contributed by atoms with Crippen LogP contribution < -0.4 is 9.47 Å². The van der Waals surface area contributed by atoms with E-state index < -0.39 is 0 Å². The van der Waals surface area contributed by atoms with Gasteiger partial charge in [-0.15, -0.1) is 0 Å². The van der Waals surface area contributed by atoms with Crippen LogP contribution in [-0.4, -0.2) is 30.7 Å². The van der Waals surface area contributed by atoms with Gasteiger partial charge in [0.05, 0.1) is 6.61 Å². The van der Waals surface area contributed by atoms with Crippen LogP contribution in [-0.2, 0) is 19.4 Å². The molecule has 3 heterocycles. The third kappa shape index (κ3) is 2.39. The highest BCUT2D eigenvalue weighted by Crippen LogP contribution is 2.41. The summed E-state index contributed by atoms with van der Waals surface area (Å²) in [6.07, 6.45) is 2.51. The Morgan fingerprint density at radius 2 is 1.96 bits per heavy atom. The Hall–Kier alpha value is -2.00. The lowest BCUT2D eigenvalue weighted by Gasteiger charge is -2.52. The molecule has 0 radical (unpaired) electrons. The summed E-state index contributed by atoms with van der Waals surface area (Å²) in [5.41, 5.74) is 4.46. The van der Waals surface area contributed by atoms with Gasteiger partial charge in [0.2, 0.25) is 0 Å². The van der Waals surface area contributed by atoms with Crippen LogP contribution in [0.5, 0.6) is 11.5 Å². The Bertz CT molecular complexity index is 779. The van der Waals surface area contributed by atoms with E-state index in [1.165, 1.54) is 16.7 Å². The number of nitrogens with zero attached hydrogens (tertiary/aromatic N) is 1. The van der Waals surface area contributed by atoms with Gasteiger partial charge in [0.15, 0.2) is 0 Å². The average Bonchev–Trinajstić information content (AvgIpc) is 2.92. The summed E-state index contributed by atoms with van der Waals surface area (Å²) in [5.74, 6) is 2.15. The summed E-state index contributed by atoms with van der Waals surface area (Å²) in [6, 6.07) is 15.2. The normalized spacial score (nSPS) is 23.8. The van der Waals surface area contributed by atoms with Crippen molar-refractivity contribution in [2.24, 2.45) is 5.41 Å². The molecule has 5 rings (SSSR count). The Morgan fingerprint density at radius 3 is 2.88 bits per heavy atom. The van der Waals surface area contributed by atoms with Gasteiger partial charge < -0.3 is 9.47 Å². The first-order valence-corrected chi connectivity index (χ1v) is 8.91. The van der Waals surface area contributed by atoms with Gasteiger partial charge in [0.1, 0.15) is 17.6 Å². The lowest BCUT2D eigenvalue weighted by molar-refractivity contribution is -0.0478. The smallest absolute Gasteiger partial charge is 0.123 e. The van der Waals surface area contributed by atoms with Gasteiger partial charge in [-0.2, -0.15) is 0 Å². The predicted octanol–water partition coefficient (Wildman–Crippen LogP) is 3.45. The molecule has 0 saturated carbocycles. The first-order valence-electron chi connectivity index (χ1n) is 8.91. The number of para-hydroxylation sites is 1. The molecule has 1 saturated heterocycles. The minimum atomic E-state index is 0.321. The second-order valence-electron chi connectivity index (χ2n) is 7.79. The van der Waals surface area contributed by atoms with E-state index in [9.17, 15) is 0 Å². The largest absolute Gasteiger partial charge is 0.493 e. The molecule has 3 aliphatic heterocycles. The van der Waals surface area contributed by atoms with Gasteiger partial charge in [0.25, 0.3) is 0 Å². The van der Waals surface area contributed by atoms with Crippen LogP contribution in [0, 0.1) is 5.41 Å². The van der Waals surface area contributed by atoms with Crippen LogP contribution in [0.25, 0.3) is 0 Å². The molecule has 1 fully saturated rings. The first-order chi connectivity index (χ1) is 11.7. The molecule has 1 atom stereocenters. The van der Waals surface area contributed by atoms with E-state index in [1.54, 1.807) is 0 Å². The lowest BCUT2D eigenvalue weighted by Crippen LogP contribution is -2.60. The minimum Gasteiger partial charge on any atom is -0.493 e. The zero-order valence-electron chi connectivity index (χ0n) is 14.1. The van der Waals surface area contributed by atoms with E-state index >= 15 is 0 Å². The fraction of sp³-hybridized carbons (Fsp3) is 0.429. The zero-order valence-corrected chi connectivity index (χ0v) is 14.1. The van der Waals surface area contributed by atoms with Crippen LogP contribution in [0.3, 0.4) is 0 Å². The van der Waals surface area contributed by atoms with Crippen molar-refractivity contribution >= 4 is 0 Å². The van der Waals surface area contributed by atoms with Crippen molar-refractivity contribution < 1.29 is 9.47 Å². The minimum absolute atomic E-state index is 0.321. The Kier molecular flexibility index (Phi) is 3.14. The number of hydrogen-bond acceptors (Lipinski definition) is 3. The Labute approximate surface area is 143 Å². The Balaban J connectivity index is 1.24. The van der Waals surface area contributed by atoms with Crippen molar-refractivity contribution in [2.45, 2.75) is 32.4 Å². The zero-order chi connectivity index (χ0) is 16.1. The summed E-state index contributed by atoms with van der Waals surface area (Å²) in [6.45, 7) is 6.29. The summed E-state index contributed by atoms with van der Waals surface area (Å²) in [7, 11) is 0. The van der Waals surface area contributed by atoms with E-state index in [0.717, 1.165) is 50.6 Å². The van der Waals surface area contributed by atoms with Gasteiger partial charge in [0, 0.05) is 31.5 Å². The quantitative estimate of drug-likeness (QED) is 0.846.